The van der Waals surface area contributed by atoms with Gasteiger partial charge in [0, 0.05) is 35.8 Å². The minimum atomic E-state index is -4.72. The predicted octanol–water partition coefficient (Wildman–Crippen LogP) is 7.41. The number of hydrogen-bond acceptors (Lipinski definition) is 5. The van der Waals surface area contributed by atoms with Crippen LogP contribution in [0, 0.1) is 5.82 Å². The molecule has 0 unspecified atom stereocenters. The molecule has 0 bridgehead atoms. The van der Waals surface area contributed by atoms with E-state index in [9.17, 15) is 36.2 Å². The van der Waals surface area contributed by atoms with E-state index in [2.05, 4.69) is 4.98 Å². The standard InChI is InChI=1S/C31H26ClF6N3O4/c32-20-2-1-17(24(33)11-20)15-45-26-10-19-12-40(5-3-16(19)8-23(26)31(36,37)38)14-27-39-28-22(29(34)35)7-18(30(42)43)9-25(28)41(27)13-21-4-6-44-21/h1-2,7-11,21,29H,3-6,12-15H2,(H,42,43)/t21-/m0/s1. The number of fused-ring (bicyclic) bond motifs is 2. The summed E-state index contributed by atoms with van der Waals surface area (Å²) >= 11 is 5.78. The SMILES string of the molecule is O=C(O)c1cc(C(F)F)c2nc(CN3CCc4cc(C(F)(F)F)c(OCc5ccc(Cl)cc5F)cc4C3)n(C[C@@H]3CCO3)c2c1. The summed E-state index contributed by atoms with van der Waals surface area (Å²) in [6.07, 6.45) is -6.88. The van der Waals surface area contributed by atoms with Gasteiger partial charge in [0.05, 0.1) is 41.4 Å². The van der Waals surface area contributed by atoms with Crippen LogP contribution in [0.2, 0.25) is 5.02 Å². The van der Waals surface area contributed by atoms with E-state index in [1.54, 1.807) is 4.57 Å². The summed E-state index contributed by atoms with van der Waals surface area (Å²) in [5, 5.41) is 9.69. The molecule has 1 fully saturated rings. The zero-order chi connectivity index (χ0) is 32.0. The fourth-order valence-corrected chi connectivity index (χ4v) is 5.82. The highest BCUT2D eigenvalue weighted by molar-refractivity contribution is 6.30. The third-order valence-electron chi connectivity index (χ3n) is 8.09. The largest absolute Gasteiger partial charge is 0.488 e. The van der Waals surface area contributed by atoms with Crippen molar-refractivity contribution in [2.45, 2.75) is 57.8 Å². The van der Waals surface area contributed by atoms with Crippen molar-refractivity contribution in [3.8, 4) is 5.75 Å². The normalized spacial score (nSPS) is 17.0. The Morgan fingerprint density at radius 3 is 2.58 bits per heavy atom. The maximum atomic E-state index is 14.3. The van der Waals surface area contributed by atoms with Gasteiger partial charge in [-0.3, -0.25) is 4.90 Å². The molecule has 0 amide bonds. The number of hydrogen-bond donors (Lipinski definition) is 1. The van der Waals surface area contributed by atoms with Gasteiger partial charge in [0.25, 0.3) is 6.43 Å². The number of nitrogens with zero attached hydrogens (tertiary/aromatic N) is 3. The Morgan fingerprint density at radius 2 is 1.93 bits per heavy atom. The van der Waals surface area contributed by atoms with E-state index in [0.29, 0.717) is 30.1 Å². The third-order valence-corrected chi connectivity index (χ3v) is 8.32. The Morgan fingerprint density at radius 1 is 1.16 bits per heavy atom. The Bertz CT molecular complexity index is 1770. The lowest BCUT2D eigenvalue weighted by molar-refractivity contribution is -0.139. The first kappa shape index (κ1) is 31.2. The molecule has 45 heavy (non-hydrogen) atoms. The molecule has 3 aromatic carbocycles. The lowest BCUT2D eigenvalue weighted by atomic mass is 9.96. The molecule has 7 nitrogen and oxygen atoms in total. The highest BCUT2D eigenvalue weighted by Gasteiger charge is 2.36. The number of carboxylic acids is 1. The summed E-state index contributed by atoms with van der Waals surface area (Å²) < 4.78 is 97.1. The van der Waals surface area contributed by atoms with Gasteiger partial charge in [-0.1, -0.05) is 17.7 Å². The van der Waals surface area contributed by atoms with E-state index in [-0.39, 0.29) is 59.3 Å². The molecule has 238 valence electrons. The topological polar surface area (TPSA) is 76.8 Å². The summed E-state index contributed by atoms with van der Waals surface area (Å²) in [6, 6.07) is 8.38. The van der Waals surface area contributed by atoms with Gasteiger partial charge in [0.1, 0.15) is 24.0 Å². The van der Waals surface area contributed by atoms with Crippen molar-refractivity contribution in [3.05, 3.63) is 92.5 Å². The molecule has 0 radical (unpaired) electrons. The zero-order valence-corrected chi connectivity index (χ0v) is 24.3. The summed E-state index contributed by atoms with van der Waals surface area (Å²) in [4.78, 5) is 18.1. The molecule has 2 aliphatic heterocycles. The van der Waals surface area contributed by atoms with Gasteiger partial charge in [0.15, 0.2) is 0 Å². The maximum absolute atomic E-state index is 14.3. The lowest BCUT2D eigenvalue weighted by Gasteiger charge is -2.31. The number of aromatic nitrogens is 2. The van der Waals surface area contributed by atoms with Crippen LogP contribution in [-0.2, 0) is 43.6 Å². The molecule has 1 saturated heterocycles. The number of imidazole rings is 1. The fraction of sp³-hybridized carbons (Fsp3) is 0.355. The molecular weight excluding hydrogens is 628 g/mol. The number of rotatable bonds is 9. The third kappa shape index (κ3) is 6.47. The van der Waals surface area contributed by atoms with E-state index in [4.69, 9.17) is 21.1 Å². The Balaban J connectivity index is 1.31. The van der Waals surface area contributed by atoms with Gasteiger partial charge in [0.2, 0.25) is 0 Å². The first-order valence-corrected chi connectivity index (χ1v) is 14.4. The van der Waals surface area contributed by atoms with Gasteiger partial charge < -0.3 is 19.1 Å². The van der Waals surface area contributed by atoms with Crippen LogP contribution in [0.4, 0.5) is 26.3 Å². The van der Waals surface area contributed by atoms with Crippen molar-refractivity contribution in [1.29, 1.82) is 0 Å². The fourth-order valence-electron chi connectivity index (χ4n) is 5.66. The molecule has 3 heterocycles. The summed E-state index contributed by atoms with van der Waals surface area (Å²) in [5.41, 5.74) is -0.455. The number of aromatic carboxylic acids is 1. The number of alkyl halides is 5. The summed E-state index contributed by atoms with van der Waals surface area (Å²) in [6.45, 7) is 1.07. The van der Waals surface area contributed by atoms with Crippen LogP contribution in [0.15, 0.2) is 42.5 Å². The number of carboxylic acid groups (broad SMARTS) is 1. The average molecular weight is 654 g/mol. The molecule has 4 aromatic rings. The van der Waals surface area contributed by atoms with Crippen LogP contribution in [-0.4, -0.2) is 44.8 Å². The maximum Gasteiger partial charge on any atom is 0.419 e. The molecular formula is C31H26ClF6N3O4. The molecule has 1 N–H and O–H groups in total. The van der Waals surface area contributed by atoms with Gasteiger partial charge in [-0.25, -0.2) is 22.9 Å². The number of halogens is 7. The molecule has 0 spiro atoms. The van der Waals surface area contributed by atoms with E-state index in [1.165, 1.54) is 24.3 Å². The molecule has 0 saturated carbocycles. The smallest absolute Gasteiger partial charge is 0.419 e. The van der Waals surface area contributed by atoms with Crippen molar-refractivity contribution in [3.63, 3.8) is 0 Å². The van der Waals surface area contributed by atoms with Gasteiger partial charge in [-0.15, -0.1) is 0 Å². The van der Waals surface area contributed by atoms with Gasteiger partial charge in [-0.05, 0) is 60.4 Å². The zero-order valence-electron chi connectivity index (χ0n) is 23.5. The van der Waals surface area contributed by atoms with Crippen molar-refractivity contribution in [1.82, 2.24) is 14.5 Å². The highest BCUT2D eigenvalue weighted by atomic mass is 35.5. The summed E-state index contributed by atoms with van der Waals surface area (Å²) in [7, 11) is 0. The van der Waals surface area contributed by atoms with Crippen LogP contribution in [0.5, 0.6) is 5.75 Å². The molecule has 6 rings (SSSR count). The average Bonchev–Trinajstić information content (AvgIpc) is 3.29. The first-order valence-electron chi connectivity index (χ1n) is 14.1. The minimum Gasteiger partial charge on any atom is -0.488 e. The minimum absolute atomic E-state index is 0.0123. The van der Waals surface area contributed by atoms with E-state index < -0.39 is 47.9 Å². The molecule has 14 heteroatoms. The molecule has 2 aliphatic rings. The number of ether oxygens (including phenoxy) is 2. The van der Waals surface area contributed by atoms with Crippen LogP contribution in [0.1, 0.15) is 56.8 Å². The van der Waals surface area contributed by atoms with E-state index in [1.807, 2.05) is 4.90 Å². The van der Waals surface area contributed by atoms with Crippen molar-refractivity contribution < 1.29 is 45.7 Å². The van der Waals surface area contributed by atoms with Crippen LogP contribution < -0.4 is 4.74 Å². The summed E-state index contributed by atoms with van der Waals surface area (Å²) in [5.74, 6) is -2.11. The number of carbonyl (C=O) groups is 1. The van der Waals surface area contributed by atoms with E-state index in [0.717, 1.165) is 24.6 Å². The second-order valence-electron chi connectivity index (χ2n) is 11.1. The molecule has 0 aliphatic carbocycles. The van der Waals surface area contributed by atoms with Crippen LogP contribution in [0.3, 0.4) is 0 Å². The second-order valence-corrected chi connectivity index (χ2v) is 11.5. The first-order chi connectivity index (χ1) is 21.4. The van der Waals surface area contributed by atoms with Crippen molar-refractivity contribution >= 4 is 28.6 Å². The monoisotopic (exact) mass is 653 g/mol. The predicted molar refractivity (Wildman–Crippen MR) is 151 cm³/mol. The highest BCUT2D eigenvalue weighted by Crippen LogP contribution is 2.40. The van der Waals surface area contributed by atoms with Crippen LogP contribution >= 0.6 is 11.6 Å². The van der Waals surface area contributed by atoms with Crippen LogP contribution in [0.25, 0.3) is 11.0 Å². The van der Waals surface area contributed by atoms with Crippen molar-refractivity contribution in [2.24, 2.45) is 0 Å². The van der Waals surface area contributed by atoms with Crippen molar-refractivity contribution in [2.75, 3.05) is 13.2 Å². The quantitative estimate of drug-likeness (QED) is 0.190. The van der Waals surface area contributed by atoms with E-state index >= 15 is 0 Å². The molecule has 1 atom stereocenters. The molecule has 1 aromatic heterocycles. The Kier molecular flexibility index (Phi) is 8.44. The lowest BCUT2D eigenvalue weighted by Crippen LogP contribution is -2.34. The Labute approximate surface area is 257 Å². The second kappa shape index (κ2) is 12.2. The Hall–Kier alpha value is -3.81. The van der Waals surface area contributed by atoms with Gasteiger partial charge in [-0.2, -0.15) is 13.2 Å². The number of benzene rings is 3. The van der Waals surface area contributed by atoms with Gasteiger partial charge >= 0.3 is 12.1 Å².